The number of furan rings is 1. The third-order valence-electron chi connectivity index (χ3n) is 4.48. The Balaban J connectivity index is 1.88. The maximum atomic E-state index is 11.8. The molecule has 1 atom stereocenters. The van der Waals surface area contributed by atoms with Crippen LogP contribution in [0.5, 0.6) is 5.75 Å². The van der Waals surface area contributed by atoms with E-state index >= 15 is 0 Å². The quantitative estimate of drug-likeness (QED) is 0.696. The van der Waals surface area contributed by atoms with Gasteiger partial charge in [-0.15, -0.1) is 0 Å². The number of nitrogens with zero attached hydrogens (tertiary/aromatic N) is 2. The zero-order valence-electron chi connectivity index (χ0n) is 14.9. The van der Waals surface area contributed by atoms with Crippen molar-refractivity contribution in [3.8, 4) is 5.75 Å². The molecule has 144 valence electrons. The fraction of sp³-hybridized carbons (Fsp3) is 0.105. The van der Waals surface area contributed by atoms with Crippen molar-refractivity contribution in [1.82, 2.24) is 0 Å². The first-order chi connectivity index (χ1) is 13.4. The van der Waals surface area contributed by atoms with Gasteiger partial charge in [0.1, 0.15) is 17.8 Å². The van der Waals surface area contributed by atoms with Gasteiger partial charge in [0.25, 0.3) is 0 Å². The Morgan fingerprint density at radius 1 is 1.14 bits per heavy atom. The largest absolute Gasteiger partial charge is 0.497 e. The van der Waals surface area contributed by atoms with Crippen LogP contribution < -0.4 is 20.5 Å². The van der Waals surface area contributed by atoms with Gasteiger partial charge in [-0.2, -0.15) is 4.99 Å². The minimum Gasteiger partial charge on any atom is -0.497 e. The number of amidine groups is 1. The summed E-state index contributed by atoms with van der Waals surface area (Å²) in [5.41, 5.74) is 8.53. The number of benzene rings is 2. The van der Waals surface area contributed by atoms with Crippen LogP contribution in [0.2, 0.25) is 0 Å². The van der Waals surface area contributed by atoms with Gasteiger partial charge in [-0.3, -0.25) is 0 Å². The molecule has 9 heteroatoms. The molecule has 0 spiro atoms. The smallest absolute Gasteiger partial charge is 0.238 e. The molecule has 2 aromatic carbocycles. The number of hydrogen-bond acceptors (Lipinski definition) is 7. The number of primary sulfonamides is 1. The van der Waals surface area contributed by atoms with Crippen LogP contribution in [-0.2, 0) is 10.0 Å². The molecule has 0 saturated carbocycles. The molecule has 0 radical (unpaired) electrons. The predicted octanol–water partition coefficient (Wildman–Crippen LogP) is 2.49. The Morgan fingerprint density at radius 3 is 2.57 bits per heavy atom. The van der Waals surface area contributed by atoms with Gasteiger partial charge in [-0.25, -0.2) is 13.6 Å². The minimum atomic E-state index is -3.86. The third-order valence-corrected chi connectivity index (χ3v) is 5.39. The maximum absolute atomic E-state index is 11.8. The van der Waals surface area contributed by atoms with Crippen molar-refractivity contribution in [2.45, 2.75) is 11.1 Å². The summed E-state index contributed by atoms with van der Waals surface area (Å²) in [5.74, 6) is 1.53. The summed E-state index contributed by atoms with van der Waals surface area (Å²) in [4.78, 5) is 6.37. The number of nitrogens with two attached hydrogens (primary N) is 2. The number of sulfonamides is 1. The molecule has 1 unspecified atom stereocenters. The van der Waals surface area contributed by atoms with Crippen LogP contribution >= 0.6 is 0 Å². The van der Waals surface area contributed by atoms with Crippen LogP contribution in [-0.4, -0.2) is 21.4 Å². The molecule has 4 rings (SSSR count). The maximum Gasteiger partial charge on any atom is 0.238 e. The molecule has 4 N–H and O–H groups in total. The second-order valence-electron chi connectivity index (χ2n) is 6.20. The average Bonchev–Trinajstić information content (AvgIpc) is 3.17. The second-order valence-corrected chi connectivity index (χ2v) is 7.76. The van der Waals surface area contributed by atoms with Crippen LogP contribution in [0.4, 0.5) is 11.6 Å². The zero-order valence-corrected chi connectivity index (χ0v) is 15.8. The van der Waals surface area contributed by atoms with Gasteiger partial charge in [0.05, 0.1) is 23.8 Å². The molecule has 0 amide bonds. The summed E-state index contributed by atoms with van der Waals surface area (Å²) in [6, 6.07) is 15.3. The second kappa shape index (κ2) is 6.79. The Hall–Kier alpha value is -3.14. The zero-order chi connectivity index (χ0) is 19.9. The minimum absolute atomic E-state index is 0.0128. The number of rotatable bonds is 4. The van der Waals surface area contributed by atoms with Crippen molar-refractivity contribution < 1.29 is 17.6 Å². The van der Waals surface area contributed by atoms with E-state index in [-0.39, 0.29) is 4.90 Å². The number of aliphatic imine (C=N–C) groups is 1. The van der Waals surface area contributed by atoms with E-state index in [9.17, 15) is 8.42 Å². The highest BCUT2D eigenvalue weighted by Crippen LogP contribution is 2.38. The molecule has 3 aromatic rings. The Labute approximate surface area is 162 Å². The molecule has 8 nitrogen and oxygen atoms in total. The fourth-order valence-electron chi connectivity index (χ4n) is 3.09. The molecule has 1 aliphatic rings. The lowest BCUT2D eigenvalue weighted by Crippen LogP contribution is -2.42. The average molecular weight is 398 g/mol. The molecular formula is C19H18N4O4S. The van der Waals surface area contributed by atoms with E-state index in [4.69, 9.17) is 20.0 Å². The summed E-state index contributed by atoms with van der Waals surface area (Å²) in [6.07, 6.45) is 0.942. The lowest BCUT2D eigenvalue weighted by Gasteiger charge is -2.34. The van der Waals surface area contributed by atoms with Crippen LogP contribution in [0.1, 0.15) is 17.3 Å². The molecule has 0 bridgehead atoms. The van der Waals surface area contributed by atoms with Gasteiger partial charge in [0.15, 0.2) is 0 Å². The first kappa shape index (κ1) is 18.2. The van der Waals surface area contributed by atoms with E-state index in [1.165, 1.54) is 18.4 Å². The summed E-state index contributed by atoms with van der Waals surface area (Å²) in [7, 11) is -2.27. The molecule has 0 fully saturated rings. The van der Waals surface area contributed by atoms with Crippen LogP contribution in [0.15, 0.2) is 75.2 Å². The summed E-state index contributed by atoms with van der Waals surface area (Å²) >= 11 is 0. The van der Waals surface area contributed by atoms with Crippen molar-refractivity contribution in [2.75, 3.05) is 12.0 Å². The first-order valence-electron chi connectivity index (χ1n) is 8.36. The molecule has 1 aliphatic heterocycles. The first-order valence-corrected chi connectivity index (χ1v) is 9.91. The molecule has 28 heavy (non-hydrogen) atoms. The molecule has 2 heterocycles. The highest BCUT2D eigenvalue weighted by Gasteiger charge is 2.31. The Kier molecular flexibility index (Phi) is 4.42. The number of anilines is 1. The topological polar surface area (TPSA) is 124 Å². The van der Waals surface area contributed by atoms with Crippen molar-refractivity contribution in [2.24, 2.45) is 15.9 Å². The van der Waals surface area contributed by atoms with E-state index in [1.54, 1.807) is 30.2 Å². The van der Waals surface area contributed by atoms with Gasteiger partial charge < -0.3 is 19.8 Å². The van der Waals surface area contributed by atoms with Gasteiger partial charge in [-0.05, 0) is 42.5 Å². The normalized spacial score (nSPS) is 16.5. The van der Waals surface area contributed by atoms with Crippen molar-refractivity contribution in [3.05, 3.63) is 72.0 Å². The predicted molar refractivity (Wildman–Crippen MR) is 105 cm³/mol. The van der Waals surface area contributed by atoms with Gasteiger partial charge in [-0.1, -0.05) is 12.1 Å². The SMILES string of the molecule is COc1ccc(N2C(c3cccc(S(N)(=O)=O)c3)=Nc3occc3C2N)cc1. The van der Waals surface area contributed by atoms with Crippen molar-refractivity contribution in [1.29, 1.82) is 0 Å². The van der Waals surface area contributed by atoms with E-state index in [1.807, 2.05) is 24.3 Å². The van der Waals surface area contributed by atoms with E-state index in [0.29, 0.717) is 23.0 Å². The van der Waals surface area contributed by atoms with Gasteiger partial charge in [0.2, 0.25) is 15.9 Å². The summed E-state index contributed by atoms with van der Waals surface area (Å²) in [5, 5.41) is 5.28. The molecular weight excluding hydrogens is 380 g/mol. The van der Waals surface area contributed by atoms with E-state index < -0.39 is 16.2 Å². The summed E-state index contributed by atoms with van der Waals surface area (Å²) in [6.45, 7) is 0. The van der Waals surface area contributed by atoms with Crippen molar-refractivity contribution in [3.63, 3.8) is 0 Å². The van der Waals surface area contributed by atoms with Crippen molar-refractivity contribution >= 4 is 27.4 Å². The van der Waals surface area contributed by atoms with Crippen LogP contribution in [0.25, 0.3) is 0 Å². The van der Waals surface area contributed by atoms with E-state index in [2.05, 4.69) is 4.99 Å². The number of fused-ring (bicyclic) bond motifs is 1. The van der Waals surface area contributed by atoms with Gasteiger partial charge >= 0.3 is 0 Å². The lowest BCUT2D eigenvalue weighted by molar-refractivity contribution is 0.415. The van der Waals surface area contributed by atoms with Gasteiger partial charge in [0, 0.05) is 11.3 Å². The summed E-state index contributed by atoms with van der Waals surface area (Å²) < 4.78 is 34.2. The van der Waals surface area contributed by atoms with Crippen LogP contribution in [0, 0.1) is 0 Å². The lowest BCUT2D eigenvalue weighted by atomic mass is 10.1. The molecule has 0 saturated heterocycles. The third kappa shape index (κ3) is 3.15. The molecule has 1 aromatic heterocycles. The standard InChI is InChI=1S/C19H18N4O4S/c1-26-14-7-5-13(6-8-14)23-17(20)16-9-10-27-19(16)22-18(23)12-3-2-4-15(11-12)28(21,24)25/h2-11,17H,20H2,1H3,(H2,21,24,25). The number of methoxy groups -OCH3 is 1. The Morgan fingerprint density at radius 2 is 1.89 bits per heavy atom. The number of hydrogen-bond donors (Lipinski definition) is 2. The highest BCUT2D eigenvalue weighted by atomic mass is 32.2. The number of ether oxygens (including phenoxy) is 1. The fourth-order valence-corrected chi connectivity index (χ4v) is 3.65. The van der Waals surface area contributed by atoms with Crippen LogP contribution in [0.3, 0.4) is 0 Å². The monoisotopic (exact) mass is 398 g/mol. The Bertz CT molecular complexity index is 1150. The van der Waals surface area contributed by atoms with E-state index in [0.717, 1.165) is 11.3 Å². The molecule has 0 aliphatic carbocycles. The highest BCUT2D eigenvalue weighted by molar-refractivity contribution is 7.89.